The minimum atomic E-state index is -0.483. The van der Waals surface area contributed by atoms with E-state index in [1.54, 1.807) is 0 Å². The van der Waals surface area contributed by atoms with Gasteiger partial charge in [0, 0.05) is 17.8 Å². The van der Waals surface area contributed by atoms with Gasteiger partial charge < -0.3 is 5.32 Å². The molecule has 0 saturated carbocycles. The molecule has 0 radical (unpaired) electrons. The lowest BCUT2D eigenvalue weighted by Gasteiger charge is -2.11. The van der Waals surface area contributed by atoms with Crippen molar-refractivity contribution in [2.24, 2.45) is 0 Å². The van der Waals surface area contributed by atoms with Gasteiger partial charge in [0.05, 0.1) is 5.75 Å². The number of aryl methyl sites for hydroxylation is 2. The number of benzene rings is 2. The van der Waals surface area contributed by atoms with Crippen LogP contribution in [0, 0.1) is 13.8 Å². The van der Waals surface area contributed by atoms with E-state index in [-0.39, 0.29) is 11.7 Å². The van der Waals surface area contributed by atoms with E-state index in [4.69, 9.17) is 0 Å². The van der Waals surface area contributed by atoms with Gasteiger partial charge in [-0.05, 0) is 38.5 Å². The van der Waals surface area contributed by atoms with Gasteiger partial charge >= 0.3 is 6.03 Å². The van der Waals surface area contributed by atoms with Crippen LogP contribution >= 0.6 is 11.8 Å². The van der Waals surface area contributed by atoms with E-state index in [9.17, 15) is 9.59 Å². The van der Waals surface area contributed by atoms with E-state index < -0.39 is 6.03 Å². The number of hydrogen-bond acceptors (Lipinski definition) is 5. The van der Waals surface area contributed by atoms with Crippen molar-refractivity contribution >= 4 is 23.7 Å². The molecule has 2 aromatic carbocycles. The number of rotatable bonds is 7. The lowest BCUT2D eigenvalue weighted by Crippen LogP contribution is -2.40. The molecule has 0 bridgehead atoms. The zero-order valence-corrected chi connectivity index (χ0v) is 18.1. The van der Waals surface area contributed by atoms with Gasteiger partial charge in [-0.3, -0.25) is 14.7 Å². The molecule has 0 spiro atoms. The fraction of sp³-hybridized carbons (Fsp3) is 0.273. The summed E-state index contributed by atoms with van der Waals surface area (Å²) in [4.78, 5) is 23.8. The number of nitrogens with one attached hydrogen (secondary N) is 2. The summed E-state index contributed by atoms with van der Waals surface area (Å²) in [5, 5.41) is 14.2. The first kappa shape index (κ1) is 21.6. The molecule has 0 saturated heterocycles. The van der Waals surface area contributed by atoms with Crippen LogP contribution in [-0.2, 0) is 4.79 Å². The Morgan fingerprint density at radius 2 is 1.80 bits per heavy atom. The van der Waals surface area contributed by atoms with E-state index in [2.05, 4.69) is 20.8 Å². The number of aromatic nitrogens is 3. The molecular weight excluding hydrogens is 398 g/mol. The van der Waals surface area contributed by atoms with Crippen molar-refractivity contribution in [3.05, 3.63) is 59.7 Å². The van der Waals surface area contributed by atoms with Crippen LogP contribution in [0.25, 0.3) is 17.1 Å². The van der Waals surface area contributed by atoms with Crippen molar-refractivity contribution in [2.45, 2.75) is 32.3 Å². The average Bonchev–Trinajstić information content (AvgIpc) is 3.15. The molecule has 0 aliphatic carbocycles. The van der Waals surface area contributed by atoms with Gasteiger partial charge in [-0.2, -0.15) is 0 Å². The normalized spacial score (nSPS) is 10.6. The lowest BCUT2D eigenvalue weighted by atomic mass is 10.1. The minimum Gasteiger partial charge on any atom is -0.338 e. The number of carbonyl (C=O) groups is 2. The Morgan fingerprint density at radius 3 is 2.50 bits per heavy atom. The molecule has 3 rings (SSSR count). The van der Waals surface area contributed by atoms with Crippen molar-refractivity contribution in [2.75, 3.05) is 12.3 Å². The van der Waals surface area contributed by atoms with E-state index in [0.717, 1.165) is 28.8 Å². The molecule has 0 fully saturated rings. The summed E-state index contributed by atoms with van der Waals surface area (Å²) in [5.41, 5.74) is 4.12. The molecule has 30 heavy (non-hydrogen) atoms. The van der Waals surface area contributed by atoms with E-state index >= 15 is 0 Å². The van der Waals surface area contributed by atoms with Gasteiger partial charge in [-0.15, -0.1) is 10.2 Å². The summed E-state index contributed by atoms with van der Waals surface area (Å²) in [6.07, 6.45) is 0.803. The SMILES string of the molecule is CCCNC(=O)NC(=O)CSc1nnc(-c2cccc(C)c2)n1-c1ccc(C)cc1. The van der Waals surface area contributed by atoms with E-state index in [1.807, 2.05) is 73.9 Å². The standard InChI is InChI=1S/C22H25N5O2S/c1-4-12-23-21(29)24-19(28)14-30-22-26-25-20(17-7-5-6-16(3)13-17)27(22)18-10-8-15(2)9-11-18/h5-11,13H,4,12,14H2,1-3H3,(H2,23,24,28,29). The smallest absolute Gasteiger partial charge is 0.321 e. The Morgan fingerprint density at radius 1 is 1.03 bits per heavy atom. The molecule has 0 atom stereocenters. The summed E-state index contributed by atoms with van der Waals surface area (Å²) in [6.45, 7) is 6.52. The third kappa shape index (κ3) is 5.48. The van der Waals surface area contributed by atoms with Crippen molar-refractivity contribution < 1.29 is 9.59 Å². The minimum absolute atomic E-state index is 0.0529. The molecule has 0 aliphatic rings. The molecule has 1 heterocycles. The molecule has 3 aromatic rings. The predicted octanol–water partition coefficient (Wildman–Crippen LogP) is 3.88. The van der Waals surface area contributed by atoms with Crippen LogP contribution in [0.1, 0.15) is 24.5 Å². The van der Waals surface area contributed by atoms with Gasteiger partial charge in [0.2, 0.25) is 5.91 Å². The first-order valence-corrected chi connectivity index (χ1v) is 10.8. The zero-order valence-electron chi connectivity index (χ0n) is 17.3. The summed E-state index contributed by atoms with van der Waals surface area (Å²) < 4.78 is 1.93. The van der Waals surface area contributed by atoms with Gasteiger partial charge in [0.25, 0.3) is 0 Å². The van der Waals surface area contributed by atoms with E-state index in [1.165, 1.54) is 11.8 Å². The van der Waals surface area contributed by atoms with Crippen molar-refractivity contribution in [1.29, 1.82) is 0 Å². The summed E-state index contributed by atoms with van der Waals surface area (Å²) in [7, 11) is 0. The zero-order chi connectivity index (χ0) is 21.5. The average molecular weight is 424 g/mol. The maximum absolute atomic E-state index is 12.2. The number of carbonyl (C=O) groups excluding carboxylic acids is 2. The number of imide groups is 1. The van der Waals surface area contributed by atoms with Crippen molar-refractivity contribution in [3.8, 4) is 17.1 Å². The molecule has 2 N–H and O–H groups in total. The molecule has 8 heteroatoms. The first-order chi connectivity index (χ1) is 14.5. The summed E-state index contributed by atoms with van der Waals surface area (Å²) in [5.74, 6) is 0.368. The molecule has 3 amide bonds. The van der Waals surface area contributed by atoms with Gasteiger partial charge in [0.1, 0.15) is 0 Å². The van der Waals surface area contributed by atoms with Crippen molar-refractivity contribution in [3.63, 3.8) is 0 Å². The lowest BCUT2D eigenvalue weighted by molar-refractivity contribution is -0.117. The molecule has 1 aromatic heterocycles. The molecule has 0 unspecified atom stereocenters. The highest BCUT2D eigenvalue weighted by Gasteiger charge is 2.18. The second kappa shape index (κ2) is 10.1. The highest BCUT2D eigenvalue weighted by molar-refractivity contribution is 7.99. The largest absolute Gasteiger partial charge is 0.338 e. The van der Waals surface area contributed by atoms with Crippen LogP contribution in [0.3, 0.4) is 0 Å². The first-order valence-electron chi connectivity index (χ1n) is 9.78. The number of nitrogens with zero attached hydrogens (tertiary/aromatic N) is 3. The molecule has 0 aliphatic heterocycles. The summed E-state index contributed by atoms with van der Waals surface area (Å²) in [6, 6.07) is 15.6. The van der Waals surface area contributed by atoms with Crippen molar-refractivity contribution in [1.82, 2.24) is 25.4 Å². The maximum Gasteiger partial charge on any atom is 0.321 e. The Kier molecular flexibility index (Phi) is 7.24. The number of urea groups is 1. The topological polar surface area (TPSA) is 88.9 Å². The van der Waals surface area contributed by atoms with Gasteiger partial charge in [-0.1, -0.05) is 60.1 Å². The Hall–Kier alpha value is -3.13. The molecule has 7 nitrogen and oxygen atoms in total. The van der Waals surface area contributed by atoms with Crippen LogP contribution < -0.4 is 10.6 Å². The number of hydrogen-bond donors (Lipinski definition) is 2. The fourth-order valence-corrected chi connectivity index (χ4v) is 3.59. The van der Waals surface area contributed by atoms with Crippen LogP contribution in [0.15, 0.2) is 53.7 Å². The predicted molar refractivity (Wildman–Crippen MR) is 119 cm³/mol. The number of thioether (sulfide) groups is 1. The van der Waals surface area contributed by atoms with Crippen LogP contribution in [0.2, 0.25) is 0 Å². The maximum atomic E-state index is 12.2. The van der Waals surface area contributed by atoms with E-state index in [0.29, 0.717) is 17.5 Å². The fourth-order valence-electron chi connectivity index (χ4n) is 2.84. The third-order valence-corrected chi connectivity index (χ3v) is 5.25. The van der Waals surface area contributed by atoms with Crippen LogP contribution in [-0.4, -0.2) is 39.0 Å². The van der Waals surface area contributed by atoms with Gasteiger partial charge in [-0.25, -0.2) is 4.79 Å². The summed E-state index contributed by atoms with van der Waals surface area (Å²) >= 11 is 1.24. The molecular formula is C22H25N5O2S. The third-order valence-electron chi connectivity index (χ3n) is 4.32. The quantitative estimate of drug-likeness (QED) is 0.563. The number of amides is 3. The van der Waals surface area contributed by atoms with Crippen LogP contribution in [0.4, 0.5) is 4.79 Å². The second-order valence-electron chi connectivity index (χ2n) is 6.94. The van der Waals surface area contributed by atoms with Crippen LogP contribution in [0.5, 0.6) is 0 Å². The monoisotopic (exact) mass is 423 g/mol. The molecule has 156 valence electrons. The Bertz CT molecular complexity index is 1030. The van der Waals surface area contributed by atoms with Gasteiger partial charge in [0.15, 0.2) is 11.0 Å². The Balaban J connectivity index is 1.85. The second-order valence-corrected chi connectivity index (χ2v) is 7.88. The highest BCUT2D eigenvalue weighted by atomic mass is 32.2. The Labute approximate surface area is 180 Å². The highest BCUT2D eigenvalue weighted by Crippen LogP contribution is 2.28.